The van der Waals surface area contributed by atoms with Crippen LogP contribution in [0.25, 0.3) is 0 Å². The summed E-state index contributed by atoms with van der Waals surface area (Å²) in [6, 6.07) is 4.76. The molecule has 0 radical (unpaired) electrons. The molecule has 1 atom stereocenters. The highest BCUT2D eigenvalue weighted by molar-refractivity contribution is 6.30. The minimum Gasteiger partial charge on any atom is -0.333 e. The van der Waals surface area contributed by atoms with Gasteiger partial charge in [-0.2, -0.15) is 0 Å². The van der Waals surface area contributed by atoms with Crippen molar-refractivity contribution in [3.8, 4) is 0 Å². The van der Waals surface area contributed by atoms with Crippen molar-refractivity contribution < 1.29 is 4.92 Å². The van der Waals surface area contributed by atoms with Crippen molar-refractivity contribution in [3.63, 3.8) is 0 Å². The fraction of sp³-hybridized carbons (Fsp3) is 0.357. The van der Waals surface area contributed by atoms with E-state index in [-0.39, 0.29) is 11.7 Å². The first kappa shape index (κ1) is 15.5. The van der Waals surface area contributed by atoms with Crippen molar-refractivity contribution in [1.82, 2.24) is 9.55 Å². The van der Waals surface area contributed by atoms with Crippen LogP contribution in [-0.2, 0) is 13.0 Å². The molecule has 1 heterocycles. The summed E-state index contributed by atoms with van der Waals surface area (Å²) in [5.41, 5.74) is 7.39. The van der Waals surface area contributed by atoms with Crippen molar-refractivity contribution in [3.05, 3.63) is 57.1 Å². The van der Waals surface area contributed by atoms with Gasteiger partial charge in [-0.25, -0.2) is 4.98 Å². The van der Waals surface area contributed by atoms with E-state index < -0.39 is 4.92 Å². The van der Waals surface area contributed by atoms with Crippen LogP contribution in [0.1, 0.15) is 24.6 Å². The van der Waals surface area contributed by atoms with Gasteiger partial charge in [0.1, 0.15) is 0 Å². The Bertz CT molecular complexity index is 642. The molecule has 0 aliphatic rings. The molecule has 0 saturated heterocycles. The van der Waals surface area contributed by atoms with Gasteiger partial charge in [-0.3, -0.25) is 10.1 Å². The molecule has 1 unspecified atom stereocenters. The number of nitro groups is 1. The van der Waals surface area contributed by atoms with Gasteiger partial charge in [0.2, 0.25) is 0 Å². The second kappa shape index (κ2) is 6.69. The van der Waals surface area contributed by atoms with Crippen molar-refractivity contribution in [2.24, 2.45) is 5.73 Å². The first-order valence-electron chi connectivity index (χ1n) is 6.68. The summed E-state index contributed by atoms with van der Waals surface area (Å²) in [7, 11) is 0. The summed E-state index contributed by atoms with van der Waals surface area (Å²) in [5.74, 6) is 0. The first-order valence-corrected chi connectivity index (χ1v) is 7.06. The number of nitrogens with zero attached hydrogens (tertiary/aromatic N) is 3. The molecule has 0 fully saturated rings. The van der Waals surface area contributed by atoms with Crippen LogP contribution in [0.15, 0.2) is 30.7 Å². The van der Waals surface area contributed by atoms with Gasteiger partial charge in [-0.1, -0.05) is 18.5 Å². The molecule has 0 bridgehead atoms. The van der Waals surface area contributed by atoms with Gasteiger partial charge < -0.3 is 10.3 Å². The lowest BCUT2D eigenvalue weighted by Gasteiger charge is -2.06. The number of nitrogens with two attached hydrogens (primary N) is 1. The molecule has 0 spiro atoms. The Labute approximate surface area is 127 Å². The van der Waals surface area contributed by atoms with Crippen molar-refractivity contribution in [2.75, 3.05) is 0 Å². The number of benzene rings is 1. The summed E-state index contributed by atoms with van der Waals surface area (Å²) < 4.78 is 1.81. The fourth-order valence-electron chi connectivity index (χ4n) is 2.05. The third kappa shape index (κ3) is 4.03. The zero-order valence-corrected chi connectivity index (χ0v) is 12.5. The fourth-order valence-corrected chi connectivity index (χ4v) is 2.21. The Kier molecular flexibility index (Phi) is 4.93. The summed E-state index contributed by atoms with van der Waals surface area (Å²) >= 11 is 5.80. The average Bonchev–Trinajstić information content (AvgIpc) is 2.87. The van der Waals surface area contributed by atoms with Gasteiger partial charge >= 0.3 is 0 Å². The lowest BCUT2D eigenvalue weighted by Crippen LogP contribution is -2.21. The lowest BCUT2D eigenvalue weighted by molar-refractivity contribution is -0.385. The number of rotatable bonds is 6. The van der Waals surface area contributed by atoms with E-state index in [9.17, 15) is 10.1 Å². The van der Waals surface area contributed by atoms with Crippen molar-refractivity contribution in [1.29, 1.82) is 0 Å². The van der Waals surface area contributed by atoms with Gasteiger partial charge in [0.05, 0.1) is 23.5 Å². The van der Waals surface area contributed by atoms with E-state index >= 15 is 0 Å². The van der Waals surface area contributed by atoms with Gasteiger partial charge in [0, 0.05) is 35.3 Å². The number of hydrogen-bond donors (Lipinski definition) is 1. The second-order valence-corrected chi connectivity index (χ2v) is 5.38. The SMILES string of the molecule is CCC(N)Cc1cn(Cc2ccc(Cl)cc2[N+](=O)[O-])cn1. The van der Waals surface area contributed by atoms with Crippen LogP contribution in [-0.4, -0.2) is 20.5 Å². The van der Waals surface area contributed by atoms with Crippen LogP contribution in [0.4, 0.5) is 5.69 Å². The maximum Gasteiger partial charge on any atom is 0.275 e. The summed E-state index contributed by atoms with van der Waals surface area (Å²) in [6.07, 6.45) is 5.12. The highest BCUT2D eigenvalue weighted by Crippen LogP contribution is 2.24. The van der Waals surface area contributed by atoms with Crippen LogP contribution in [0.2, 0.25) is 5.02 Å². The smallest absolute Gasteiger partial charge is 0.275 e. The van der Waals surface area contributed by atoms with Crippen LogP contribution >= 0.6 is 11.6 Å². The summed E-state index contributed by atoms with van der Waals surface area (Å²) in [6.45, 7) is 2.40. The van der Waals surface area contributed by atoms with Gasteiger partial charge in [0.15, 0.2) is 0 Å². The maximum absolute atomic E-state index is 11.1. The Hall–Kier alpha value is -1.92. The molecular weight excluding hydrogens is 292 g/mol. The molecule has 6 nitrogen and oxygen atoms in total. The van der Waals surface area contributed by atoms with E-state index in [4.69, 9.17) is 17.3 Å². The predicted molar refractivity (Wildman–Crippen MR) is 81.4 cm³/mol. The predicted octanol–water partition coefficient (Wildman–Crippen LogP) is 2.77. The molecule has 1 aromatic carbocycles. The van der Waals surface area contributed by atoms with Crippen LogP contribution < -0.4 is 5.73 Å². The molecular formula is C14H17ClN4O2. The zero-order chi connectivity index (χ0) is 15.4. The summed E-state index contributed by atoms with van der Waals surface area (Å²) in [4.78, 5) is 14.9. The molecule has 0 aliphatic carbocycles. The molecule has 112 valence electrons. The summed E-state index contributed by atoms with van der Waals surface area (Å²) in [5, 5.41) is 11.4. The van der Waals surface area contributed by atoms with Crippen LogP contribution in [0.3, 0.4) is 0 Å². The number of nitro benzene ring substituents is 1. The van der Waals surface area contributed by atoms with E-state index in [0.717, 1.165) is 12.1 Å². The van der Waals surface area contributed by atoms with Crippen LogP contribution in [0, 0.1) is 10.1 Å². The lowest BCUT2D eigenvalue weighted by atomic mass is 10.1. The number of halogens is 1. The van der Waals surface area contributed by atoms with E-state index in [0.29, 0.717) is 23.6 Å². The van der Waals surface area contributed by atoms with E-state index in [1.807, 2.05) is 17.7 Å². The van der Waals surface area contributed by atoms with E-state index in [1.165, 1.54) is 6.07 Å². The van der Waals surface area contributed by atoms with Gasteiger partial charge in [-0.15, -0.1) is 0 Å². The standard InChI is InChI=1S/C14H17ClN4O2/c1-2-12(16)6-13-8-18(9-17-13)7-10-3-4-11(15)5-14(10)19(20)21/h3-5,8-9,12H,2,6-7,16H2,1H3. The second-order valence-electron chi connectivity index (χ2n) is 4.94. The highest BCUT2D eigenvalue weighted by Gasteiger charge is 2.15. The monoisotopic (exact) mass is 308 g/mol. The molecule has 7 heteroatoms. The largest absolute Gasteiger partial charge is 0.333 e. The Morgan fingerprint density at radius 1 is 1.52 bits per heavy atom. The first-order chi connectivity index (χ1) is 9.99. The Morgan fingerprint density at radius 2 is 2.29 bits per heavy atom. The highest BCUT2D eigenvalue weighted by atomic mass is 35.5. The Morgan fingerprint density at radius 3 is 2.95 bits per heavy atom. The van der Waals surface area contributed by atoms with Gasteiger partial charge in [-0.05, 0) is 18.6 Å². The maximum atomic E-state index is 11.1. The molecule has 2 aromatic rings. The number of aromatic nitrogens is 2. The van der Waals surface area contributed by atoms with Crippen molar-refractivity contribution in [2.45, 2.75) is 32.4 Å². The topological polar surface area (TPSA) is 87.0 Å². The normalized spacial score (nSPS) is 12.3. The average molecular weight is 309 g/mol. The third-order valence-corrected chi connectivity index (χ3v) is 3.51. The molecule has 0 saturated carbocycles. The molecule has 2 N–H and O–H groups in total. The number of hydrogen-bond acceptors (Lipinski definition) is 4. The minimum absolute atomic E-state index is 0.0167. The van der Waals surface area contributed by atoms with Crippen LogP contribution in [0.5, 0.6) is 0 Å². The van der Waals surface area contributed by atoms with Gasteiger partial charge in [0.25, 0.3) is 5.69 Å². The molecule has 1 aromatic heterocycles. The van der Waals surface area contributed by atoms with Crippen molar-refractivity contribution >= 4 is 17.3 Å². The molecule has 0 amide bonds. The third-order valence-electron chi connectivity index (χ3n) is 3.28. The quantitative estimate of drug-likeness (QED) is 0.656. The van der Waals surface area contributed by atoms with E-state index in [2.05, 4.69) is 4.98 Å². The van der Waals surface area contributed by atoms with E-state index in [1.54, 1.807) is 18.5 Å². The zero-order valence-electron chi connectivity index (χ0n) is 11.7. The number of imidazole rings is 1. The molecule has 2 rings (SSSR count). The minimum atomic E-state index is -0.425. The molecule has 21 heavy (non-hydrogen) atoms. The molecule has 0 aliphatic heterocycles. The Balaban J connectivity index is 2.17.